The summed E-state index contributed by atoms with van der Waals surface area (Å²) in [5.74, 6) is -0.301. The molecule has 0 heterocycles. The third kappa shape index (κ3) is 6.34. The van der Waals surface area contributed by atoms with Crippen LogP contribution in [0.3, 0.4) is 0 Å². The van der Waals surface area contributed by atoms with Crippen LogP contribution in [-0.2, 0) is 4.79 Å². The molecule has 0 aliphatic carbocycles. The van der Waals surface area contributed by atoms with Gasteiger partial charge in [0.1, 0.15) is 0 Å². The predicted octanol–water partition coefficient (Wildman–Crippen LogP) is 1.65. The second-order valence-electron chi connectivity index (χ2n) is 3.82. The highest BCUT2D eigenvalue weighted by molar-refractivity contribution is 5.86. The van der Waals surface area contributed by atoms with E-state index in [-0.39, 0.29) is 5.57 Å². The lowest BCUT2D eigenvalue weighted by atomic mass is 10.1. The van der Waals surface area contributed by atoms with Gasteiger partial charge in [-0.25, -0.2) is 4.79 Å². The minimum absolute atomic E-state index is 0.218. The second-order valence-corrected chi connectivity index (χ2v) is 3.82. The summed E-state index contributed by atoms with van der Waals surface area (Å²) in [6, 6.07) is 0.344. The van der Waals surface area contributed by atoms with E-state index in [1.807, 2.05) is 0 Å². The molecule has 3 heteroatoms. The van der Waals surface area contributed by atoms with E-state index >= 15 is 0 Å². The lowest BCUT2D eigenvalue weighted by Crippen LogP contribution is -2.30. The summed E-state index contributed by atoms with van der Waals surface area (Å²) in [4.78, 5) is 10.4. The third-order valence-electron chi connectivity index (χ3n) is 1.79. The Morgan fingerprint density at radius 3 is 2.38 bits per heavy atom. The van der Waals surface area contributed by atoms with Gasteiger partial charge in [0.05, 0.1) is 0 Å². The van der Waals surface area contributed by atoms with E-state index < -0.39 is 5.97 Å². The first-order chi connectivity index (χ1) is 5.93. The molecule has 0 aromatic carbocycles. The molecule has 0 radical (unpaired) electrons. The van der Waals surface area contributed by atoms with E-state index in [1.54, 1.807) is 0 Å². The Morgan fingerprint density at radius 1 is 1.46 bits per heavy atom. The van der Waals surface area contributed by atoms with Crippen molar-refractivity contribution in [2.24, 2.45) is 5.92 Å². The summed E-state index contributed by atoms with van der Waals surface area (Å²) >= 11 is 0. The highest BCUT2D eigenvalue weighted by Crippen LogP contribution is 2.03. The van der Waals surface area contributed by atoms with Gasteiger partial charge in [0, 0.05) is 18.2 Å². The standard InChI is InChI=1S/C10H19NO2/c1-7(2)5-9(4)11-6-8(3)10(12)13/h7,9,11H,3,5-6H2,1-2,4H3,(H,12,13). The van der Waals surface area contributed by atoms with Crippen LogP contribution in [0.2, 0.25) is 0 Å². The maximum absolute atomic E-state index is 10.4. The van der Waals surface area contributed by atoms with Crippen LogP contribution in [0.1, 0.15) is 27.2 Å². The number of carbonyl (C=O) groups is 1. The zero-order valence-corrected chi connectivity index (χ0v) is 8.63. The Hall–Kier alpha value is -0.830. The maximum Gasteiger partial charge on any atom is 0.332 e. The molecule has 76 valence electrons. The van der Waals surface area contributed by atoms with Crippen LogP contribution in [0.4, 0.5) is 0 Å². The second kappa shape index (κ2) is 5.75. The van der Waals surface area contributed by atoms with E-state index in [0.717, 1.165) is 6.42 Å². The molecule has 1 unspecified atom stereocenters. The van der Waals surface area contributed by atoms with Gasteiger partial charge < -0.3 is 10.4 Å². The lowest BCUT2D eigenvalue weighted by Gasteiger charge is -2.15. The normalized spacial score (nSPS) is 12.9. The van der Waals surface area contributed by atoms with Gasteiger partial charge in [-0.3, -0.25) is 0 Å². The van der Waals surface area contributed by atoms with Crippen molar-refractivity contribution >= 4 is 5.97 Å². The van der Waals surface area contributed by atoms with Gasteiger partial charge >= 0.3 is 5.97 Å². The van der Waals surface area contributed by atoms with E-state index in [4.69, 9.17) is 5.11 Å². The van der Waals surface area contributed by atoms with Crippen LogP contribution in [-0.4, -0.2) is 23.7 Å². The number of carboxylic acid groups (broad SMARTS) is 1. The number of hydrogen-bond donors (Lipinski definition) is 2. The van der Waals surface area contributed by atoms with Crippen LogP contribution < -0.4 is 5.32 Å². The van der Waals surface area contributed by atoms with E-state index in [1.165, 1.54) is 0 Å². The van der Waals surface area contributed by atoms with Crippen molar-refractivity contribution in [2.75, 3.05) is 6.54 Å². The van der Waals surface area contributed by atoms with Gasteiger partial charge in [-0.1, -0.05) is 20.4 Å². The monoisotopic (exact) mass is 185 g/mol. The largest absolute Gasteiger partial charge is 0.478 e. The smallest absolute Gasteiger partial charge is 0.332 e. The van der Waals surface area contributed by atoms with Crippen molar-refractivity contribution in [1.29, 1.82) is 0 Å². The van der Waals surface area contributed by atoms with Crippen LogP contribution >= 0.6 is 0 Å². The van der Waals surface area contributed by atoms with Crippen LogP contribution in [0.15, 0.2) is 12.2 Å². The topological polar surface area (TPSA) is 49.3 Å². The minimum atomic E-state index is -0.927. The Balaban J connectivity index is 3.64. The van der Waals surface area contributed by atoms with E-state index in [2.05, 4.69) is 32.7 Å². The Labute approximate surface area is 79.8 Å². The molecule has 0 aliphatic heterocycles. The summed E-state index contributed by atoms with van der Waals surface area (Å²) in [6.45, 7) is 10.1. The van der Waals surface area contributed by atoms with Crippen molar-refractivity contribution < 1.29 is 9.90 Å². The quantitative estimate of drug-likeness (QED) is 0.619. The number of nitrogens with one attached hydrogen (secondary N) is 1. The zero-order chi connectivity index (χ0) is 10.4. The number of hydrogen-bond acceptors (Lipinski definition) is 2. The first-order valence-electron chi connectivity index (χ1n) is 4.58. The SMILES string of the molecule is C=C(CNC(C)CC(C)C)C(=O)O. The Kier molecular flexibility index (Phi) is 5.39. The molecule has 3 nitrogen and oxygen atoms in total. The lowest BCUT2D eigenvalue weighted by molar-refractivity contribution is -0.132. The van der Waals surface area contributed by atoms with Crippen LogP contribution in [0.5, 0.6) is 0 Å². The fourth-order valence-corrected chi connectivity index (χ4v) is 1.16. The first kappa shape index (κ1) is 12.2. The average molecular weight is 185 g/mol. The van der Waals surface area contributed by atoms with E-state index in [0.29, 0.717) is 18.5 Å². The fraction of sp³-hybridized carbons (Fsp3) is 0.700. The van der Waals surface area contributed by atoms with Gasteiger partial charge in [0.25, 0.3) is 0 Å². The summed E-state index contributed by atoms with van der Waals surface area (Å²) in [6.07, 6.45) is 1.05. The molecule has 0 saturated carbocycles. The highest BCUT2D eigenvalue weighted by atomic mass is 16.4. The van der Waals surface area contributed by atoms with Crippen molar-refractivity contribution in [3.05, 3.63) is 12.2 Å². The molecule has 0 fully saturated rings. The molecule has 0 bridgehead atoms. The molecule has 0 aliphatic rings. The zero-order valence-electron chi connectivity index (χ0n) is 8.63. The molecular formula is C10H19NO2. The van der Waals surface area contributed by atoms with Crippen LogP contribution in [0.25, 0.3) is 0 Å². The summed E-state index contributed by atoms with van der Waals surface area (Å²) in [5.41, 5.74) is 0.218. The van der Waals surface area contributed by atoms with Crippen LogP contribution in [0, 0.1) is 5.92 Å². The third-order valence-corrected chi connectivity index (χ3v) is 1.79. The van der Waals surface area contributed by atoms with E-state index in [9.17, 15) is 4.79 Å². The first-order valence-corrected chi connectivity index (χ1v) is 4.58. The average Bonchev–Trinajstić information content (AvgIpc) is 1.98. The van der Waals surface area contributed by atoms with Crippen molar-refractivity contribution in [1.82, 2.24) is 5.32 Å². The number of carboxylic acids is 1. The fourth-order valence-electron chi connectivity index (χ4n) is 1.16. The molecule has 0 aromatic heterocycles. The number of aliphatic carboxylic acids is 1. The molecule has 2 N–H and O–H groups in total. The molecule has 0 spiro atoms. The van der Waals surface area contributed by atoms with Gasteiger partial charge in [0.2, 0.25) is 0 Å². The minimum Gasteiger partial charge on any atom is -0.478 e. The molecule has 0 aromatic rings. The van der Waals surface area contributed by atoms with Gasteiger partial charge in [0.15, 0.2) is 0 Å². The van der Waals surface area contributed by atoms with Crippen molar-refractivity contribution in [3.8, 4) is 0 Å². The summed E-state index contributed by atoms with van der Waals surface area (Å²) < 4.78 is 0. The molecule has 0 amide bonds. The van der Waals surface area contributed by atoms with Gasteiger partial charge in [-0.2, -0.15) is 0 Å². The maximum atomic E-state index is 10.4. The molecule has 13 heavy (non-hydrogen) atoms. The summed E-state index contributed by atoms with van der Waals surface area (Å²) in [7, 11) is 0. The van der Waals surface area contributed by atoms with Crippen molar-refractivity contribution in [3.63, 3.8) is 0 Å². The van der Waals surface area contributed by atoms with Gasteiger partial charge in [-0.05, 0) is 19.3 Å². The summed E-state index contributed by atoms with van der Waals surface area (Å²) in [5, 5.41) is 11.7. The van der Waals surface area contributed by atoms with Gasteiger partial charge in [-0.15, -0.1) is 0 Å². The highest BCUT2D eigenvalue weighted by Gasteiger charge is 2.07. The molecular weight excluding hydrogens is 166 g/mol. The Bertz CT molecular complexity index is 187. The number of rotatable bonds is 6. The molecule has 0 saturated heterocycles. The molecule has 1 atom stereocenters. The molecule has 0 rings (SSSR count). The van der Waals surface area contributed by atoms with Crippen molar-refractivity contribution in [2.45, 2.75) is 33.2 Å². The predicted molar refractivity (Wildman–Crippen MR) is 53.7 cm³/mol. The Morgan fingerprint density at radius 2 is 2.00 bits per heavy atom.